The molecular weight excluding hydrogens is 386 g/mol. The summed E-state index contributed by atoms with van der Waals surface area (Å²) < 4.78 is 5.16. The maximum Gasteiger partial charge on any atom is 0.408 e. The number of nitrogens with zero attached hydrogens (tertiary/aromatic N) is 1. The zero-order valence-electron chi connectivity index (χ0n) is 19.3. The van der Waals surface area contributed by atoms with Gasteiger partial charge in [-0.25, -0.2) is 4.79 Å². The van der Waals surface area contributed by atoms with Gasteiger partial charge in [0.1, 0.15) is 23.9 Å². The largest absolute Gasteiger partial charge is 0.508 e. The van der Waals surface area contributed by atoms with E-state index in [-0.39, 0.29) is 24.7 Å². The van der Waals surface area contributed by atoms with Crippen LogP contribution in [0.15, 0.2) is 18.2 Å². The number of phenols is 1. The number of alkyl carbamates (subject to hydrolysis) is 1. The number of ether oxygens (including phenoxy) is 1. The van der Waals surface area contributed by atoms with Crippen LogP contribution in [0.25, 0.3) is 0 Å². The molecule has 8 heteroatoms. The molecule has 0 aliphatic rings. The zero-order chi connectivity index (χ0) is 23.3. The molecule has 30 heavy (non-hydrogen) atoms. The Morgan fingerprint density at radius 1 is 1.13 bits per heavy atom. The average Bonchev–Trinajstić information content (AvgIpc) is 2.57. The molecule has 1 atom stereocenters. The van der Waals surface area contributed by atoms with Crippen LogP contribution in [0.1, 0.15) is 65.6 Å². The van der Waals surface area contributed by atoms with E-state index in [1.165, 1.54) is 11.0 Å². The van der Waals surface area contributed by atoms with Gasteiger partial charge < -0.3 is 25.4 Å². The van der Waals surface area contributed by atoms with Crippen LogP contribution in [-0.4, -0.2) is 52.1 Å². The van der Waals surface area contributed by atoms with Crippen molar-refractivity contribution < 1.29 is 24.2 Å². The van der Waals surface area contributed by atoms with Crippen LogP contribution in [0.2, 0.25) is 0 Å². The second-order valence-electron chi connectivity index (χ2n) is 9.22. The lowest BCUT2D eigenvalue weighted by atomic mass is 9.99. The summed E-state index contributed by atoms with van der Waals surface area (Å²) in [4.78, 5) is 39.3. The molecule has 3 amide bonds. The molecule has 168 valence electrons. The number of likely N-dealkylation sites (N-methyl/N-ethyl adjacent to an activating group) is 1. The van der Waals surface area contributed by atoms with E-state index in [0.717, 1.165) is 0 Å². The van der Waals surface area contributed by atoms with Crippen molar-refractivity contribution in [2.75, 3.05) is 13.1 Å². The van der Waals surface area contributed by atoms with Gasteiger partial charge in [-0.2, -0.15) is 0 Å². The summed E-state index contributed by atoms with van der Waals surface area (Å²) in [5.41, 5.74) is -0.0228. The van der Waals surface area contributed by atoms with Gasteiger partial charge in [0.25, 0.3) is 0 Å². The van der Waals surface area contributed by atoms with Crippen molar-refractivity contribution in [1.29, 1.82) is 0 Å². The summed E-state index contributed by atoms with van der Waals surface area (Å²) in [6, 6.07) is 3.88. The molecule has 1 unspecified atom stereocenters. The van der Waals surface area contributed by atoms with Gasteiger partial charge >= 0.3 is 6.09 Å². The highest BCUT2D eigenvalue weighted by Gasteiger charge is 2.32. The van der Waals surface area contributed by atoms with Gasteiger partial charge in [-0.05, 0) is 78.6 Å². The van der Waals surface area contributed by atoms with Crippen molar-refractivity contribution in [1.82, 2.24) is 15.5 Å². The first-order chi connectivity index (χ1) is 13.6. The summed E-state index contributed by atoms with van der Waals surface area (Å²) in [7, 11) is 0. The van der Waals surface area contributed by atoms with Crippen molar-refractivity contribution in [3.8, 4) is 5.75 Å². The molecule has 0 radical (unpaired) electrons. The monoisotopic (exact) mass is 421 g/mol. The molecule has 0 saturated heterocycles. The number of aryl methyl sites for hydroxylation is 1. The van der Waals surface area contributed by atoms with Gasteiger partial charge in [0, 0.05) is 12.1 Å². The number of nitrogens with one attached hydrogen (secondary N) is 2. The van der Waals surface area contributed by atoms with Crippen LogP contribution in [-0.2, 0) is 14.3 Å². The number of benzene rings is 1. The van der Waals surface area contributed by atoms with Gasteiger partial charge in [0.15, 0.2) is 0 Å². The number of amides is 3. The first kappa shape index (κ1) is 25.3. The molecule has 1 aromatic carbocycles. The normalized spacial score (nSPS) is 12.7. The van der Waals surface area contributed by atoms with Crippen LogP contribution in [0.4, 0.5) is 4.79 Å². The summed E-state index contributed by atoms with van der Waals surface area (Å²) in [6.45, 7) is 14.2. The Morgan fingerprint density at radius 3 is 2.20 bits per heavy atom. The number of phenolic OH excluding ortho intramolecular Hbond substituents is 1. The van der Waals surface area contributed by atoms with Crippen molar-refractivity contribution in [3.05, 3.63) is 29.3 Å². The maximum absolute atomic E-state index is 13.1. The van der Waals surface area contributed by atoms with Gasteiger partial charge in [-0.15, -0.1) is 0 Å². The topological polar surface area (TPSA) is 108 Å². The lowest BCUT2D eigenvalue weighted by Crippen LogP contribution is -2.51. The summed E-state index contributed by atoms with van der Waals surface area (Å²) in [6.07, 6.45) is -0.705. The van der Waals surface area contributed by atoms with Crippen LogP contribution >= 0.6 is 0 Å². The van der Waals surface area contributed by atoms with Gasteiger partial charge in [-0.1, -0.05) is 6.07 Å². The number of hydrogen-bond acceptors (Lipinski definition) is 5. The van der Waals surface area contributed by atoms with Crippen LogP contribution in [0.5, 0.6) is 5.75 Å². The molecule has 0 spiro atoms. The minimum absolute atomic E-state index is 0.106. The molecule has 0 aromatic heterocycles. The number of rotatable bonds is 6. The van der Waals surface area contributed by atoms with Gasteiger partial charge in [-0.3, -0.25) is 9.59 Å². The second-order valence-corrected chi connectivity index (χ2v) is 9.22. The smallest absolute Gasteiger partial charge is 0.408 e. The third-order valence-corrected chi connectivity index (χ3v) is 4.04. The van der Waals surface area contributed by atoms with Gasteiger partial charge in [0.2, 0.25) is 11.8 Å². The first-order valence-electron chi connectivity index (χ1n) is 10.0. The molecule has 0 aliphatic carbocycles. The third kappa shape index (κ3) is 7.93. The fourth-order valence-electron chi connectivity index (χ4n) is 2.83. The van der Waals surface area contributed by atoms with E-state index in [0.29, 0.717) is 11.1 Å². The Bertz CT molecular complexity index is 778. The third-order valence-electron chi connectivity index (χ3n) is 4.04. The Balaban J connectivity index is 3.15. The van der Waals surface area contributed by atoms with E-state index < -0.39 is 29.2 Å². The molecule has 0 fully saturated rings. The number of hydrogen-bond donors (Lipinski definition) is 3. The van der Waals surface area contributed by atoms with E-state index in [4.69, 9.17) is 4.74 Å². The Kier molecular flexibility index (Phi) is 8.27. The summed E-state index contributed by atoms with van der Waals surface area (Å²) >= 11 is 0. The van der Waals surface area contributed by atoms with E-state index in [1.54, 1.807) is 46.8 Å². The Morgan fingerprint density at radius 2 is 1.73 bits per heavy atom. The highest BCUT2D eigenvalue weighted by atomic mass is 16.6. The van der Waals surface area contributed by atoms with E-state index in [2.05, 4.69) is 10.6 Å². The minimum Gasteiger partial charge on any atom is -0.508 e. The second kappa shape index (κ2) is 9.82. The molecule has 1 aromatic rings. The SMILES string of the molecule is CCN(C(=O)CNC(=O)OC(C)(C)C)C(C(=O)NC(C)(C)C)c1ccc(O)c(C)c1. The van der Waals surface area contributed by atoms with Crippen LogP contribution < -0.4 is 10.6 Å². The van der Waals surface area contributed by atoms with Crippen molar-refractivity contribution in [2.24, 2.45) is 0 Å². The maximum atomic E-state index is 13.1. The van der Waals surface area contributed by atoms with Crippen LogP contribution in [0.3, 0.4) is 0 Å². The molecule has 8 nitrogen and oxygen atoms in total. The van der Waals surface area contributed by atoms with E-state index in [1.807, 2.05) is 20.8 Å². The predicted octanol–water partition coefficient (Wildman–Crippen LogP) is 3.03. The van der Waals surface area contributed by atoms with Crippen molar-refractivity contribution >= 4 is 17.9 Å². The molecular formula is C22H35N3O5. The first-order valence-corrected chi connectivity index (χ1v) is 10.0. The molecule has 0 aliphatic heterocycles. The Labute approximate surface area is 179 Å². The fourth-order valence-corrected chi connectivity index (χ4v) is 2.83. The lowest BCUT2D eigenvalue weighted by molar-refractivity contribution is -0.140. The van der Waals surface area contributed by atoms with Gasteiger partial charge in [0.05, 0.1) is 0 Å². The lowest BCUT2D eigenvalue weighted by Gasteiger charge is -2.33. The molecule has 0 saturated carbocycles. The van der Waals surface area contributed by atoms with E-state index in [9.17, 15) is 19.5 Å². The minimum atomic E-state index is -0.915. The van der Waals surface area contributed by atoms with E-state index >= 15 is 0 Å². The Hall–Kier alpha value is -2.77. The highest BCUT2D eigenvalue weighted by Crippen LogP contribution is 2.27. The number of carbonyl (C=O) groups excluding carboxylic acids is 3. The summed E-state index contributed by atoms with van der Waals surface area (Å²) in [5, 5.41) is 15.2. The van der Waals surface area contributed by atoms with Crippen LogP contribution in [0, 0.1) is 6.92 Å². The highest BCUT2D eigenvalue weighted by molar-refractivity contribution is 5.90. The average molecular weight is 422 g/mol. The van der Waals surface area contributed by atoms with Crippen molar-refractivity contribution in [3.63, 3.8) is 0 Å². The number of aromatic hydroxyl groups is 1. The zero-order valence-corrected chi connectivity index (χ0v) is 19.3. The number of carbonyl (C=O) groups is 3. The molecule has 0 heterocycles. The fraction of sp³-hybridized carbons (Fsp3) is 0.591. The molecule has 0 bridgehead atoms. The molecule has 3 N–H and O–H groups in total. The van der Waals surface area contributed by atoms with Crippen molar-refractivity contribution in [2.45, 2.75) is 72.6 Å². The molecule has 1 rings (SSSR count). The summed E-state index contributed by atoms with van der Waals surface area (Å²) in [5.74, 6) is -0.669. The standard InChI is InChI=1S/C22H35N3O5/c1-9-25(17(27)13-23-20(29)30-22(6,7)8)18(19(28)24-21(3,4)5)15-10-11-16(26)14(2)12-15/h10-12,18,26H,9,13H2,1-8H3,(H,23,29)(H,24,28). The predicted molar refractivity (Wildman–Crippen MR) is 115 cm³/mol. The quantitative estimate of drug-likeness (QED) is 0.654.